The maximum absolute atomic E-state index is 12.2. The van der Waals surface area contributed by atoms with Gasteiger partial charge < -0.3 is 19.5 Å². The third-order valence-corrected chi connectivity index (χ3v) is 3.39. The molecule has 0 atom stereocenters. The molecule has 0 aliphatic heterocycles. The minimum atomic E-state index is -0.138. The van der Waals surface area contributed by atoms with Gasteiger partial charge in [0.05, 0.1) is 20.3 Å². The molecule has 0 bridgehead atoms. The molecule has 0 heterocycles. The van der Waals surface area contributed by atoms with Gasteiger partial charge >= 0.3 is 0 Å². The quantitative estimate of drug-likeness (QED) is 0.845. The van der Waals surface area contributed by atoms with E-state index in [0.717, 1.165) is 11.3 Å². The molecule has 0 unspecified atom stereocenters. The summed E-state index contributed by atoms with van der Waals surface area (Å²) in [6, 6.07) is 12.7. The molecular formula is C19H23NO4. The Bertz CT molecular complexity index is 680. The molecule has 24 heavy (non-hydrogen) atoms. The van der Waals surface area contributed by atoms with Gasteiger partial charge in [-0.1, -0.05) is 6.07 Å². The van der Waals surface area contributed by atoms with Gasteiger partial charge in [-0.25, -0.2) is 0 Å². The van der Waals surface area contributed by atoms with E-state index < -0.39 is 0 Å². The number of carbonyl (C=O) groups excluding carboxylic acids is 1. The number of benzene rings is 2. The van der Waals surface area contributed by atoms with E-state index in [0.29, 0.717) is 23.6 Å². The van der Waals surface area contributed by atoms with Crippen molar-refractivity contribution in [1.82, 2.24) is 5.32 Å². The summed E-state index contributed by atoms with van der Waals surface area (Å²) in [6.45, 7) is 4.33. The lowest BCUT2D eigenvalue weighted by molar-refractivity contribution is 0.0951. The molecule has 2 aromatic rings. The Morgan fingerprint density at radius 1 is 1.00 bits per heavy atom. The number of nitrogens with one attached hydrogen (secondary N) is 1. The highest BCUT2D eigenvalue weighted by Crippen LogP contribution is 2.27. The smallest absolute Gasteiger partial charge is 0.251 e. The van der Waals surface area contributed by atoms with E-state index in [-0.39, 0.29) is 12.0 Å². The predicted octanol–water partition coefficient (Wildman–Crippen LogP) is 3.42. The number of ether oxygens (including phenoxy) is 3. The molecule has 2 aromatic carbocycles. The largest absolute Gasteiger partial charge is 0.493 e. The summed E-state index contributed by atoms with van der Waals surface area (Å²) in [4.78, 5) is 12.2. The average molecular weight is 329 g/mol. The average Bonchev–Trinajstić information content (AvgIpc) is 2.59. The van der Waals surface area contributed by atoms with Crippen LogP contribution in [-0.2, 0) is 6.54 Å². The predicted molar refractivity (Wildman–Crippen MR) is 92.9 cm³/mol. The summed E-state index contributed by atoms with van der Waals surface area (Å²) in [5, 5.41) is 2.89. The number of amides is 1. The molecule has 1 amide bonds. The number of rotatable bonds is 7. The van der Waals surface area contributed by atoms with Crippen molar-refractivity contribution in [3.05, 3.63) is 53.6 Å². The molecule has 128 valence electrons. The van der Waals surface area contributed by atoms with Crippen molar-refractivity contribution in [2.24, 2.45) is 0 Å². The summed E-state index contributed by atoms with van der Waals surface area (Å²) in [7, 11) is 3.17. The van der Waals surface area contributed by atoms with Crippen LogP contribution in [0.15, 0.2) is 42.5 Å². The lowest BCUT2D eigenvalue weighted by Gasteiger charge is -2.11. The molecule has 5 nitrogen and oxygen atoms in total. The molecule has 0 saturated heterocycles. The van der Waals surface area contributed by atoms with Gasteiger partial charge in [-0.3, -0.25) is 4.79 Å². The molecule has 1 N–H and O–H groups in total. The monoisotopic (exact) mass is 329 g/mol. The Hall–Kier alpha value is -2.69. The van der Waals surface area contributed by atoms with E-state index in [1.807, 2.05) is 32.0 Å². The highest BCUT2D eigenvalue weighted by atomic mass is 16.5. The zero-order valence-electron chi connectivity index (χ0n) is 14.5. The minimum Gasteiger partial charge on any atom is -0.493 e. The molecule has 2 rings (SSSR count). The van der Waals surface area contributed by atoms with Gasteiger partial charge in [-0.15, -0.1) is 0 Å². The number of hydrogen-bond acceptors (Lipinski definition) is 4. The van der Waals surface area contributed by atoms with E-state index in [2.05, 4.69) is 5.32 Å². The number of carbonyl (C=O) groups is 1. The van der Waals surface area contributed by atoms with Crippen LogP contribution < -0.4 is 19.5 Å². The molecular weight excluding hydrogens is 306 g/mol. The third kappa shape index (κ3) is 4.65. The second-order valence-corrected chi connectivity index (χ2v) is 5.56. The fourth-order valence-corrected chi connectivity index (χ4v) is 2.23. The summed E-state index contributed by atoms with van der Waals surface area (Å²) in [6.07, 6.45) is 0.106. The van der Waals surface area contributed by atoms with Crippen LogP contribution >= 0.6 is 0 Å². The molecule has 0 saturated carbocycles. The van der Waals surface area contributed by atoms with Crippen LogP contribution in [0.2, 0.25) is 0 Å². The Morgan fingerprint density at radius 2 is 1.67 bits per heavy atom. The van der Waals surface area contributed by atoms with Gasteiger partial charge in [0.25, 0.3) is 5.91 Å². The number of hydrogen-bond donors (Lipinski definition) is 1. The van der Waals surface area contributed by atoms with Crippen LogP contribution in [0.5, 0.6) is 17.2 Å². The van der Waals surface area contributed by atoms with E-state index >= 15 is 0 Å². The van der Waals surface area contributed by atoms with Crippen LogP contribution in [0.4, 0.5) is 0 Å². The second-order valence-electron chi connectivity index (χ2n) is 5.56. The second kappa shape index (κ2) is 8.24. The molecule has 5 heteroatoms. The highest BCUT2D eigenvalue weighted by Gasteiger charge is 2.08. The van der Waals surface area contributed by atoms with Crippen LogP contribution in [0.25, 0.3) is 0 Å². The first-order valence-electron chi connectivity index (χ1n) is 7.79. The van der Waals surface area contributed by atoms with E-state index in [9.17, 15) is 4.79 Å². The van der Waals surface area contributed by atoms with E-state index in [4.69, 9.17) is 14.2 Å². The first-order valence-corrected chi connectivity index (χ1v) is 7.79. The van der Waals surface area contributed by atoms with E-state index in [1.165, 1.54) is 0 Å². The first kappa shape index (κ1) is 17.7. The Morgan fingerprint density at radius 3 is 2.25 bits per heavy atom. The van der Waals surface area contributed by atoms with Crippen molar-refractivity contribution in [3.63, 3.8) is 0 Å². The molecule has 0 radical (unpaired) electrons. The summed E-state index contributed by atoms with van der Waals surface area (Å²) in [5.74, 6) is 1.91. The standard InChI is InChI=1S/C19H23NO4/c1-13(2)24-16-8-6-15(7-9-16)19(21)20-12-14-5-10-17(22-3)18(11-14)23-4/h5-11,13H,12H2,1-4H3,(H,20,21). The van der Waals surface area contributed by atoms with Gasteiger partial charge in [-0.05, 0) is 55.8 Å². The first-order chi connectivity index (χ1) is 11.5. The fraction of sp³-hybridized carbons (Fsp3) is 0.316. The van der Waals surface area contributed by atoms with Crippen LogP contribution in [0.1, 0.15) is 29.8 Å². The van der Waals surface area contributed by atoms with Crippen LogP contribution in [0, 0.1) is 0 Å². The van der Waals surface area contributed by atoms with Gasteiger partial charge in [-0.2, -0.15) is 0 Å². The van der Waals surface area contributed by atoms with Gasteiger partial charge in [0.15, 0.2) is 11.5 Å². The zero-order chi connectivity index (χ0) is 17.5. The van der Waals surface area contributed by atoms with Crippen LogP contribution in [-0.4, -0.2) is 26.2 Å². The van der Waals surface area contributed by atoms with E-state index in [1.54, 1.807) is 38.5 Å². The third-order valence-electron chi connectivity index (χ3n) is 3.39. The Balaban J connectivity index is 1.97. The molecule has 0 fully saturated rings. The normalized spacial score (nSPS) is 10.4. The zero-order valence-corrected chi connectivity index (χ0v) is 14.5. The van der Waals surface area contributed by atoms with Gasteiger partial charge in [0.1, 0.15) is 5.75 Å². The van der Waals surface area contributed by atoms with Crippen molar-refractivity contribution < 1.29 is 19.0 Å². The molecule has 0 aliphatic rings. The molecule has 0 aliphatic carbocycles. The van der Waals surface area contributed by atoms with Crippen molar-refractivity contribution in [1.29, 1.82) is 0 Å². The lowest BCUT2D eigenvalue weighted by atomic mass is 10.1. The van der Waals surface area contributed by atoms with Crippen molar-refractivity contribution in [2.45, 2.75) is 26.5 Å². The van der Waals surface area contributed by atoms with Crippen molar-refractivity contribution >= 4 is 5.91 Å². The maximum Gasteiger partial charge on any atom is 0.251 e. The molecule has 0 aromatic heterocycles. The molecule has 0 spiro atoms. The minimum absolute atomic E-state index is 0.106. The topological polar surface area (TPSA) is 56.8 Å². The highest BCUT2D eigenvalue weighted by molar-refractivity contribution is 5.94. The van der Waals surface area contributed by atoms with Crippen LogP contribution in [0.3, 0.4) is 0 Å². The maximum atomic E-state index is 12.2. The lowest BCUT2D eigenvalue weighted by Crippen LogP contribution is -2.22. The SMILES string of the molecule is COc1ccc(CNC(=O)c2ccc(OC(C)C)cc2)cc1OC. The van der Waals surface area contributed by atoms with Gasteiger partial charge in [0.2, 0.25) is 0 Å². The number of methoxy groups -OCH3 is 2. The Labute approximate surface area is 142 Å². The van der Waals surface area contributed by atoms with Crippen molar-refractivity contribution in [2.75, 3.05) is 14.2 Å². The van der Waals surface area contributed by atoms with Gasteiger partial charge in [0, 0.05) is 12.1 Å². The summed E-state index contributed by atoms with van der Waals surface area (Å²) < 4.78 is 16.0. The fourth-order valence-electron chi connectivity index (χ4n) is 2.23. The Kier molecular flexibility index (Phi) is 6.07. The van der Waals surface area contributed by atoms with Crippen molar-refractivity contribution in [3.8, 4) is 17.2 Å². The summed E-state index contributed by atoms with van der Waals surface area (Å²) >= 11 is 0. The summed E-state index contributed by atoms with van der Waals surface area (Å²) in [5.41, 5.74) is 1.52.